The molecule has 4 saturated heterocycles. The molecule has 2 bridgehead atoms. The van der Waals surface area contributed by atoms with E-state index in [1.165, 1.54) is 16.9 Å². The quantitative estimate of drug-likeness (QED) is 0.142. The van der Waals surface area contributed by atoms with E-state index in [0.29, 0.717) is 41.5 Å². The summed E-state index contributed by atoms with van der Waals surface area (Å²) in [5.74, 6) is -0.731. The van der Waals surface area contributed by atoms with Gasteiger partial charge in [-0.2, -0.15) is 15.3 Å². The van der Waals surface area contributed by atoms with E-state index in [-0.39, 0.29) is 60.1 Å². The minimum absolute atomic E-state index is 0.0181. The van der Waals surface area contributed by atoms with Crippen LogP contribution in [-0.4, -0.2) is 133 Å². The largest absolute Gasteiger partial charge is 0.374 e. The molecule has 0 radical (unpaired) electrons. The van der Waals surface area contributed by atoms with Crippen molar-refractivity contribution < 1.29 is 32.7 Å². The number of ether oxygens (including phenoxy) is 1. The van der Waals surface area contributed by atoms with Crippen molar-refractivity contribution in [1.82, 2.24) is 49.7 Å². The van der Waals surface area contributed by atoms with Crippen LogP contribution < -0.4 is 20.9 Å². The fourth-order valence-electron chi connectivity index (χ4n) is 9.77. The zero-order valence-corrected chi connectivity index (χ0v) is 33.4. The SMILES string of the molecule is O=C1CCC(c2n[nH]c3c(NC(=O)CN4CCN(CC5CCC(n6cc(NC(=O)c7cnn8ccc(N9C[C@H]%10C[C@@H]9CO%10)nc78)c(C(F)F)n6)CC5)CC4)cccc23)C(=O)N1. The summed E-state index contributed by atoms with van der Waals surface area (Å²) in [6.45, 7) is 5.69. The van der Waals surface area contributed by atoms with Gasteiger partial charge in [0.2, 0.25) is 17.7 Å². The van der Waals surface area contributed by atoms with Crippen LogP contribution in [0.25, 0.3) is 16.6 Å². The standard InChI is InChI=1S/C41H47F2N13O5/c42-38(43)37-31(46-41(60)29-17-44-55-11-10-32(47-39(29)55)54-19-26-16-25(54)22-61-26)20-56(51-37)24-6-4-23(5-7-24)18-52-12-14-53(15-13-52)21-34(58)45-30-3-1-2-27-35(49-50-36(27)30)28-8-9-33(57)48-40(28)59/h1-3,10-11,17,20,23-26,28,38H,4-9,12-16,18-19,21-22H2,(H,45,58)(H,46,60)(H,49,50)(H,48,57,59)/t23?,24?,25-,26-,28?/m1/s1. The van der Waals surface area contributed by atoms with Crippen LogP contribution in [0, 0.1) is 5.92 Å². The Balaban J connectivity index is 0.699. The van der Waals surface area contributed by atoms with Crippen LogP contribution in [0.1, 0.15) is 85.1 Å². The van der Waals surface area contributed by atoms with Crippen LogP contribution in [0.5, 0.6) is 0 Å². The number of anilines is 3. The van der Waals surface area contributed by atoms with Gasteiger partial charge in [-0.1, -0.05) is 12.1 Å². The lowest BCUT2D eigenvalue weighted by atomic mass is 9.85. The summed E-state index contributed by atoms with van der Waals surface area (Å²) in [5.41, 5.74) is 1.83. The maximum Gasteiger partial charge on any atom is 0.284 e. The second-order valence-corrected chi connectivity index (χ2v) is 16.9. The van der Waals surface area contributed by atoms with E-state index in [0.717, 1.165) is 82.6 Å². The number of halogens is 2. The first kappa shape index (κ1) is 39.3. The molecule has 4 amide bonds. The number of hydrogen-bond donors (Lipinski definition) is 4. The molecule has 4 aromatic heterocycles. The Kier molecular flexibility index (Phi) is 10.4. The molecule has 4 aliphatic heterocycles. The smallest absolute Gasteiger partial charge is 0.284 e. The van der Waals surface area contributed by atoms with Crippen LogP contribution in [0.4, 0.5) is 26.0 Å². The molecule has 1 aromatic carbocycles. The molecule has 20 heteroatoms. The molecular formula is C41H47F2N13O5. The molecule has 320 valence electrons. The predicted molar refractivity (Wildman–Crippen MR) is 217 cm³/mol. The summed E-state index contributed by atoms with van der Waals surface area (Å²) in [6, 6.07) is 7.50. The predicted octanol–water partition coefficient (Wildman–Crippen LogP) is 3.48. The molecular weight excluding hydrogens is 793 g/mol. The number of hydrogen-bond acceptors (Lipinski definition) is 12. The highest BCUT2D eigenvalue weighted by Crippen LogP contribution is 2.37. The van der Waals surface area contributed by atoms with E-state index < -0.39 is 23.9 Å². The van der Waals surface area contributed by atoms with Crippen molar-refractivity contribution in [3.63, 3.8) is 0 Å². The number of H-pyrrole nitrogens is 1. The van der Waals surface area contributed by atoms with Crippen LogP contribution in [0.2, 0.25) is 0 Å². The lowest BCUT2D eigenvalue weighted by Gasteiger charge is -2.38. The van der Waals surface area contributed by atoms with Crippen LogP contribution >= 0.6 is 0 Å². The Morgan fingerprint density at radius 1 is 0.967 bits per heavy atom. The van der Waals surface area contributed by atoms with Crippen LogP contribution in [0.15, 0.2) is 42.9 Å². The first-order valence-corrected chi connectivity index (χ1v) is 21.1. The monoisotopic (exact) mass is 839 g/mol. The zero-order chi connectivity index (χ0) is 41.8. The molecule has 3 atom stereocenters. The average molecular weight is 840 g/mol. The Hall–Kier alpha value is -5.86. The van der Waals surface area contributed by atoms with E-state index in [1.54, 1.807) is 16.9 Å². The van der Waals surface area contributed by atoms with Gasteiger partial charge in [-0.15, -0.1) is 0 Å². The maximum atomic E-state index is 14.3. The number of fused-ring (bicyclic) bond motifs is 4. The topological polar surface area (TPSA) is 200 Å². The van der Waals surface area contributed by atoms with Gasteiger partial charge in [-0.05, 0) is 56.6 Å². The molecule has 5 aliphatic rings. The number of piperidine rings is 1. The molecule has 61 heavy (non-hydrogen) atoms. The van der Waals surface area contributed by atoms with Gasteiger partial charge in [-0.3, -0.25) is 39.2 Å². The number of carbonyl (C=O) groups excluding carboxylic acids is 4. The van der Waals surface area contributed by atoms with Crippen LogP contribution in [-0.2, 0) is 19.1 Å². The minimum atomic E-state index is -2.87. The highest BCUT2D eigenvalue weighted by Gasteiger charge is 2.40. The van der Waals surface area contributed by atoms with E-state index in [2.05, 4.69) is 51.0 Å². The van der Waals surface area contributed by atoms with E-state index in [4.69, 9.17) is 9.72 Å². The van der Waals surface area contributed by atoms with Crippen molar-refractivity contribution >= 4 is 57.4 Å². The molecule has 1 aliphatic carbocycles. The third-order valence-electron chi connectivity index (χ3n) is 13.0. The van der Waals surface area contributed by atoms with Gasteiger partial charge in [0.25, 0.3) is 12.3 Å². The molecule has 1 saturated carbocycles. The molecule has 8 heterocycles. The van der Waals surface area contributed by atoms with E-state index in [1.807, 2.05) is 18.2 Å². The molecule has 5 fully saturated rings. The lowest BCUT2D eigenvalue weighted by Crippen LogP contribution is -2.49. The molecule has 4 N–H and O–H groups in total. The summed E-state index contributed by atoms with van der Waals surface area (Å²) in [4.78, 5) is 62.3. The van der Waals surface area contributed by atoms with Gasteiger partial charge in [0.1, 0.15) is 11.4 Å². The highest BCUT2D eigenvalue weighted by molar-refractivity contribution is 6.08. The minimum Gasteiger partial charge on any atom is -0.374 e. The number of imide groups is 1. The number of rotatable bonds is 11. The second kappa shape index (κ2) is 16.2. The molecule has 1 unspecified atom stereocenters. The number of nitrogens with zero attached hydrogens (tertiary/aromatic N) is 9. The number of nitrogens with one attached hydrogen (secondary N) is 4. The third kappa shape index (κ3) is 7.83. The van der Waals surface area contributed by atoms with Gasteiger partial charge >= 0.3 is 0 Å². The van der Waals surface area contributed by atoms with Crippen molar-refractivity contribution in [1.29, 1.82) is 0 Å². The van der Waals surface area contributed by atoms with Crippen molar-refractivity contribution in [3.8, 4) is 0 Å². The number of benzene rings is 1. The molecule has 5 aromatic rings. The fraction of sp³-hybridized carbons (Fsp3) is 0.512. The van der Waals surface area contributed by atoms with Crippen molar-refractivity contribution in [2.45, 2.75) is 75.5 Å². The number of alkyl halides is 2. The van der Waals surface area contributed by atoms with Crippen molar-refractivity contribution in [3.05, 3.63) is 59.8 Å². The average Bonchev–Trinajstić information content (AvgIpc) is 4.11. The van der Waals surface area contributed by atoms with Gasteiger partial charge in [-0.25, -0.2) is 18.3 Å². The zero-order valence-electron chi connectivity index (χ0n) is 33.4. The Morgan fingerprint density at radius 2 is 1.79 bits per heavy atom. The summed E-state index contributed by atoms with van der Waals surface area (Å²) in [7, 11) is 0. The van der Waals surface area contributed by atoms with Gasteiger partial charge in [0.05, 0.1) is 66.0 Å². The maximum absolute atomic E-state index is 14.3. The van der Waals surface area contributed by atoms with E-state index >= 15 is 0 Å². The van der Waals surface area contributed by atoms with Gasteiger partial charge < -0.3 is 25.2 Å². The highest BCUT2D eigenvalue weighted by atomic mass is 19.3. The second-order valence-electron chi connectivity index (χ2n) is 16.9. The van der Waals surface area contributed by atoms with Gasteiger partial charge in [0.15, 0.2) is 11.3 Å². The number of carbonyl (C=O) groups is 4. The first-order valence-electron chi connectivity index (χ1n) is 21.1. The number of aromatic amines is 1. The number of piperazine rings is 1. The summed E-state index contributed by atoms with van der Waals surface area (Å²) >= 11 is 0. The molecule has 18 nitrogen and oxygen atoms in total. The van der Waals surface area contributed by atoms with Gasteiger partial charge in [0, 0.05) is 63.5 Å². The number of morpholine rings is 1. The number of aromatic nitrogens is 7. The number of amides is 4. The van der Waals surface area contributed by atoms with Crippen molar-refractivity contribution in [2.24, 2.45) is 5.92 Å². The third-order valence-corrected chi connectivity index (χ3v) is 13.0. The summed E-state index contributed by atoms with van der Waals surface area (Å²) < 4.78 is 37.4. The normalized spacial score (nSPS) is 24.9. The molecule has 10 rings (SSSR count). The number of para-hydroxylation sites is 1. The van der Waals surface area contributed by atoms with Crippen LogP contribution in [0.3, 0.4) is 0 Å². The first-order chi connectivity index (χ1) is 29.6. The molecule has 0 spiro atoms. The summed E-state index contributed by atoms with van der Waals surface area (Å²) in [5, 5.41) is 24.7. The Bertz CT molecular complexity index is 2490. The Morgan fingerprint density at radius 3 is 2.54 bits per heavy atom. The Labute approximate surface area is 348 Å². The lowest BCUT2D eigenvalue weighted by molar-refractivity contribution is -0.134. The summed E-state index contributed by atoms with van der Waals surface area (Å²) in [6.07, 6.45) is 6.97. The van der Waals surface area contributed by atoms with E-state index in [9.17, 15) is 28.0 Å². The fourth-order valence-corrected chi connectivity index (χ4v) is 9.77. The van der Waals surface area contributed by atoms with Crippen molar-refractivity contribution in [2.75, 3.05) is 68.0 Å².